The lowest BCUT2D eigenvalue weighted by atomic mass is 10.1. The van der Waals surface area contributed by atoms with Crippen molar-refractivity contribution < 1.29 is 13.2 Å². The van der Waals surface area contributed by atoms with Crippen molar-refractivity contribution in [1.29, 1.82) is 0 Å². The minimum absolute atomic E-state index is 0.0998. The van der Waals surface area contributed by atoms with Gasteiger partial charge in [0.25, 0.3) is 0 Å². The van der Waals surface area contributed by atoms with Gasteiger partial charge in [-0.05, 0) is 24.3 Å². The first-order valence-electron chi connectivity index (χ1n) is 4.35. The summed E-state index contributed by atoms with van der Waals surface area (Å²) in [5.41, 5.74) is 5.71. The van der Waals surface area contributed by atoms with E-state index in [1.165, 1.54) is 11.3 Å². The Labute approximate surface area is 84.7 Å². The van der Waals surface area contributed by atoms with Crippen molar-refractivity contribution in [2.24, 2.45) is 5.73 Å². The van der Waals surface area contributed by atoms with Gasteiger partial charge in [-0.3, -0.25) is 0 Å². The smallest absolute Gasteiger partial charge is 0.323 e. The van der Waals surface area contributed by atoms with Gasteiger partial charge in [-0.1, -0.05) is 6.07 Å². The highest BCUT2D eigenvalue weighted by molar-refractivity contribution is 7.10. The Kier molecular flexibility index (Phi) is 3.95. The van der Waals surface area contributed by atoms with Crippen molar-refractivity contribution in [3.63, 3.8) is 0 Å². The number of halogens is 3. The molecular formula is C9H12F3NS. The summed E-state index contributed by atoms with van der Waals surface area (Å²) in [5, 5.41) is 1.87. The van der Waals surface area contributed by atoms with Crippen LogP contribution in [0.5, 0.6) is 0 Å². The molecule has 0 saturated heterocycles. The van der Waals surface area contributed by atoms with Crippen LogP contribution in [-0.2, 0) is 0 Å². The summed E-state index contributed by atoms with van der Waals surface area (Å²) in [4.78, 5) is 0.951. The summed E-state index contributed by atoms with van der Waals surface area (Å²) in [7, 11) is 0. The molecule has 1 heterocycles. The van der Waals surface area contributed by atoms with E-state index >= 15 is 0 Å². The molecule has 1 rings (SSSR count). The summed E-state index contributed by atoms with van der Waals surface area (Å²) in [6.07, 6.45) is -4.32. The number of alkyl halides is 3. The Morgan fingerprint density at radius 3 is 2.64 bits per heavy atom. The third kappa shape index (κ3) is 4.11. The van der Waals surface area contributed by atoms with Crippen molar-refractivity contribution in [3.8, 4) is 0 Å². The summed E-state index contributed by atoms with van der Waals surface area (Å²) >= 11 is 1.48. The molecule has 1 aromatic heterocycles. The largest absolute Gasteiger partial charge is 0.389 e. The molecule has 80 valence electrons. The number of hydrogen-bond donors (Lipinski definition) is 1. The molecule has 2 N–H and O–H groups in total. The second-order valence-electron chi connectivity index (χ2n) is 3.13. The third-order valence-electron chi connectivity index (χ3n) is 1.88. The SMILES string of the molecule is NC(CCCC(F)(F)F)c1cccs1. The lowest BCUT2D eigenvalue weighted by molar-refractivity contribution is -0.135. The maximum Gasteiger partial charge on any atom is 0.389 e. The van der Waals surface area contributed by atoms with E-state index in [2.05, 4.69) is 0 Å². The highest BCUT2D eigenvalue weighted by Crippen LogP contribution is 2.26. The molecule has 1 atom stereocenters. The molecular weight excluding hydrogens is 211 g/mol. The van der Waals surface area contributed by atoms with Crippen LogP contribution in [0.25, 0.3) is 0 Å². The highest BCUT2D eigenvalue weighted by atomic mass is 32.1. The topological polar surface area (TPSA) is 26.0 Å². The van der Waals surface area contributed by atoms with Gasteiger partial charge in [0, 0.05) is 17.3 Å². The van der Waals surface area contributed by atoms with Gasteiger partial charge in [-0.2, -0.15) is 13.2 Å². The fraction of sp³-hybridized carbons (Fsp3) is 0.556. The van der Waals surface area contributed by atoms with Crippen LogP contribution >= 0.6 is 11.3 Å². The molecule has 0 fully saturated rings. The van der Waals surface area contributed by atoms with Gasteiger partial charge in [0.1, 0.15) is 0 Å². The zero-order chi connectivity index (χ0) is 10.6. The molecule has 0 aliphatic carbocycles. The maximum absolute atomic E-state index is 11.8. The van der Waals surface area contributed by atoms with E-state index in [1.807, 2.05) is 17.5 Å². The second-order valence-corrected chi connectivity index (χ2v) is 4.11. The molecule has 0 radical (unpaired) electrons. The quantitative estimate of drug-likeness (QED) is 0.830. The van der Waals surface area contributed by atoms with Crippen LogP contribution in [0.15, 0.2) is 17.5 Å². The van der Waals surface area contributed by atoms with E-state index in [1.54, 1.807) is 0 Å². The van der Waals surface area contributed by atoms with Crippen molar-refractivity contribution >= 4 is 11.3 Å². The van der Waals surface area contributed by atoms with Crippen LogP contribution < -0.4 is 5.73 Å². The van der Waals surface area contributed by atoms with E-state index in [4.69, 9.17) is 5.73 Å². The molecule has 1 aromatic rings. The minimum atomic E-state index is -4.06. The molecule has 14 heavy (non-hydrogen) atoms. The first-order chi connectivity index (χ1) is 6.49. The molecule has 0 spiro atoms. The molecule has 0 bridgehead atoms. The Morgan fingerprint density at radius 1 is 1.43 bits per heavy atom. The average Bonchev–Trinajstić information content (AvgIpc) is 2.53. The standard InChI is InChI=1S/C9H12F3NS/c10-9(11,12)5-1-3-7(13)8-4-2-6-14-8/h2,4,6-7H,1,3,5,13H2. The van der Waals surface area contributed by atoms with Crippen LogP contribution in [0, 0.1) is 0 Å². The summed E-state index contributed by atoms with van der Waals surface area (Å²) in [6, 6.07) is 3.45. The van der Waals surface area contributed by atoms with Crippen LogP contribution in [0.1, 0.15) is 30.2 Å². The minimum Gasteiger partial charge on any atom is -0.323 e. The van der Waals surface area contributed by atoms with Crippen LogP contribution in [0.2, 0.25) is 0 Å². The first kappa shape index (κ1) is 11.5. The maximum atomic E-state index is 11.8. The highest BCUT2D eigenvalue weighted by Gasteiger charge is 2.26. The number of rotatable bonds is 4. The van der Waals surface area contributed by atoms with E-state index in [0.717, 1.165) is 4.88 Å². The molecule has 1 unspecified atom stereocenters. The monoisotopic (exact) mass is 223 g/mol. The average molecular weight is 223 g/mol. The predicted molar refractivity (Wildman–Crippen MR) is 51.2 cm³/mol. The normalized spacial score (nSPS) is 14.3. The lowest BCUT2D eigenvalue weighted by Crippen LogP contribution is -2.12. The Bertz CT molecular complexity index is 256. The fourth-order valence-electron chi connectivity index (χ4n) is 1.17. The summed E-state index contributed by atoms with van der Waals surface area (Å²) in [6.45, 7) is 0. The Hall–Kier alpha value is -0.550. The molecule has 0 aliphatic heterocycles. The van der Waals surface area contributed by atoms with Crippen molar-refractivity contribution in [2.75, 3.05) is 0 Å². The number of nitrogens with two attached hydrogens (primary N) is 1. The van der Waals surface area contributed by atoms with Crippen molar-refractivity contribution in [1.82, 2.24) is 0 Å². The van der Waals surface area contributed by atoms with Crippen LogP contribution in [0.4, 0.5) is 13.2 Å². The van der Waals surface area contributed by atoms with Crippen molar-refractivity contribution in [3.05, 3.63) is 22.4 Å². The van der Waals surface area contributed by atoms with E-state index in [-0.39, 0.29) is 12.5 Å². The molecule has 0 aromatic carbocycles. The Morgan fingerprint density at radius 2 is 2.14 bits per heavy atom. The van der Waals surface area contributed by atoms with Gasteiger partial charge < -0.3 is 5.73 Å². The Balaban J connectivity index is 2.26. The van der Waals surface area contributed by atoms with Gasteiger partial charge in [0.2, 0.25) is 0 Å². The zero-order valence-corrected chi connectivity index (χ0v) is 8.37. The van der Waals surface area contributed by atoms with Gasteiger partial charge in [-0.15, -0.1) is 11.3 Å². The van der Waals surface area contributed by atoms with Crippen molar-refractivity contribution in [2.45, 2.75) is 31.5 Å². The summed E-state index contributed by atoms with van der Waals surface area (Å²) < 4.78 is 35.4. The first-order valence-corrected chi connectivity index (χ1v) is 5.23. The van der Waals surface area contributed by atoms with Gasteiger partial charge >= 0.3 is 6.18 Å². The predicted octanol–water partition coefficient (Wildman–Crippen LogP) is 3.48. The van der Waals surface area contributed by atoms with Gasteiger partial charge in [-0.25, -0.2) is 0 Å². The zero-order valence-electron chi connectivity index (χ0n) is 7.55. The van der Waals surface area contributed by atoms with Gasteiger partial charge in [0.05, 0.1) is 0 Å². The number of thiophene rings is 1. The molecule has 0 aliphatic rings. The molecule has 0 saturated carbocycles. The molecule has 1 nitrogen and oxygen atoms in total. The lowest BCUT2D eigenvalue weighted by Gasteiger charge is -2.10. The molecule has 5 heteroatoms. The molecule has 0 amide bonds. The number of hydrogen-bond acceptors (Lipinski definition) is 2. The summed E-state index contributed by atoms with van der Waals surface area (Å²) in [5.74, 6) is 0. The fourth-order valence-corrected chi connectivity index (χ4v) is 1.93. The van der Waals surface area contributed by atoms with E-state index in [0.29, 0.717) is 6.42 Å². The van der Waals surface area contributed by atoms with E-state index < -0.39 is 12.6 Å². The van der Waals surface area contributed by atoms with E-state index in [9.17, 15) is 13.2 Å². The van der Waals surface area contributed by atoms with Crippen LogP contribution in [0.3, 0.4) is 0 Å². The van der Waals surface area contributed by atoms with Crippen LogP contribution in [-0.4, -0.2) is 6.18 Å². The third-order valence-corrected chi connectivity index (χ3v) is 2.89. The second kappa shape index (κ2) is 4.79. The van der Waals surface area contributed by atoms with Gasteiger partial charge in [0.15, 0.2) is 0 Å².